The molecule has 1 fully saturated rings. The zero-order valence-electron chi connectivity index (χ0n) is 11.3. The first-order valence-corrected chi connectivity index (χ1v) is 6.48. The van der Waals surface area contributed by atoms with E-state index in [9.17, 15) is 9.59 Å². The third-order valence-corrected chi connectivity index (χ3v) is 3.12. The van der Waals surface area contributed by atoms with Crippen LogP contribution >= 0.6 is 0 Å². The fraction of sp³-hybridized carbons (Fsp3) is 0.357. The minimum atomic E-state index is -1.09. The molecule has 1 saturated heterocycles. The molecule has 0 saturated carbocycles. The monoisotopic (exact) mass is 292 g/mol. The van der Waals surface area contributed by atoms with Crippen molar-refractivity contribution in [3.63, 3.8) is 0 Å². The fourth-order valence-electron chi connectivity index (χ4n) is 2.08. The topological polar surface area (TPSA) is 100.0 Å². The molecule has 7 heteroatoms. The molecular formula is C14H16N2O5. The van der Waals surface area contributed by atoms with E-state index in [1.807, 2.05) is 0 Å². The number of ether oxygens (including phenoxy) is 1. The van der Waals surface area contributed by atoms with E-state index in [0.29, 0.717) is 30.8 Å². The molecule has 0 radical (unpaired) electrons. The molecule has 1 aliphatic rings. The van der Waals surface area contributed by atoms with Crippen molar-refractivity contribution < 1.29 is 24.5 Å². The highest BCUT2D eigenvalue weighted by atomic mass is 16.5. The van der Waals surface area contributed by atoms with Gasteiger partial charge in [0, 0.05) is 42.7 Å². The third kappa shape index (κ3) is 3.87. The zero-order chi connectivity index (χ0) is 15.2. The number of aliphatic hydroxyl groups is 1. The van der Waals surface area contributed by atoms with E-state index in [1.54, 1.807) is 11.0 Å². The zero-order valence-corrected chi connectivity index (χ0v) is 11.3. The Morgan fingerprint density at radius 3 is 3.05 bits per heavy atom. The molecule has 7 nitrogen and oxygen atoms in total. The first-order valence-electron chi connectivity index (χ1n) is 6.48. The van der Waals surface area contributed by atoms with Crippen LogP contribution in [-0.4, -0.2) is 64.4 Å². The number of carbonyl (C=O) groups excluding carboxylic acids is 1. The van der Waals surface area contributed by atoms with Crippen LogP contribution in [-0.2, 0) is 9.53 Å². The van der Waals surface area contributed by atoms with Crippen LogP contribution in [0, 0.1) is 0 Å². The van der Waals surface area contributed by atoms with Gasteiger partial charge >= 0.3 is 5.97 Å². The maximum Gasteiger partial charge on any atom is 0.328 e. The van der Waals surface area contributed by atoms with Gasteiger partial charge in [0.2, 0.25) is 0 Å². The van der Waals surface area contributed by atoms with Crippen molar-refractivity contribution in [2.45, 2.75) is 6.10 Å². The smallest absolute Gasteiger partial charge is 0.328 e. The quantitative estimate of drug-likeness (QED) is 0.758. The van der Waals surface area contributed by atoms with Gasteiger partial charge in [-0.15, -0.1) is 0 Å². The number of nitrogens with zero attached hydrogens (tertiary/aromatic N) is 2. The second-order valence-corrected chi connectivity index (χ2v) is 4.56. The normalized spacial score (nSPS) is 18.9. The molecule has 2 heterocycles. The predicted octanol–water partition coefficient (Wildman–Crippen LogP) is 0.0127. The highest BCUT2D eigenvalue weighted by molar-refractivity contribution is 5.98. The highest BCUT2D eigenvalue weighted by Crippen LogP contribution is 2.15. The number of aliphatic carboxylic acids is 1. The lowest BCUT2D eigenvalue weighted by Gasteiger charge is -2.32. The number of hydrogen-bond acceptors (Lipinski definition) is 5. The van der Waals surface area contributed by atoms with Crippen molar-refractivity contribution in [1.82, 2.24) is 9.88 Å². The average molecular weight is 292 g/mol. The van der Waals surface area contributed by atoms with Crippen LogP contribution in [0.2, 0.25) is 0 Å². The summed E-state index contributed by atoms with van der Waals surface area (Å²) in [5.41, 5.74) is 0.818. The van der Waals surface area contributed by atoms with Crippen LogP contribution in [0.5, 0.6) is 0 Å². The lowest BCUT2D eigenvalue weighted by Crippen LogP contribution is -2.47. The molecule has 112 valence electrons. The first kappa shape index (κ1) is 15.1. The lowest BCUT2D eigenvalue weighted by atomic mass is 10.1. The summed E-state index contributed by atoms with van der Waals surface area (Å²) < 4.78 is 5.30. The van der Waals surface area contributed by atoms with E-state index >= 15 is 0 Å². The number of carboxylic acid groups (broad SMARTS) is 1. The lowest BCUT2D eigenvalue weighted by molar-refractivity contribution is -0.131. The van der Waals surface area contributed by atoms with Crippen LogP contribution in [0.4, 0.5) is 0 Å². The molecule has 1 aromatic heterocycles. The van der Waals surface area contributed by atoms with Gasteiger partial charge in [-0.05, 0) is 12.1 Å². The Bertz CT molecular complexity index is 558. The summed E-state index contributed by atoms with van der Waals surface area (Å²) in [6.45, 7) is 0.952. The van der Waals surface area contributed by atoms with E-state index in [2.05, 4.69) is 4.98 Å². The van der Waals surface area contributed by atoms with Crippen molar-refractivity contribution in [3.05, 3.63) is 35.7 Å². The molecule has 1 atom stereocenters. The van der Waals surface area contributed by atoms with Crippen LogP contribution in [0.3, 0.4) is 0 Å². The second kappa shape index (κ2) is 6.96. The number of carbonyl (C=O) groups is 2. The summed E-state index contributed by atoms with van der Waals surface area (Å²) in [7, 11) is 0. The molecule has 0 bridgehead atoms. The van der Waals surface area contributed by atoms with Gasteiger partial charge in [0.15, 0.2) is 0 Å². The van der Waals surface area contributed by atoms with Gasteiger partial charge in [-0.3, -0.25) is 9.78 Å². The largest absolute Gasteiger partial charge is 0.478 e. The molecule has 1 unspecified atom stereocenters. The number of amides is 1. The van der Waals surface area contributed by atoms with E-state index < -0.39 is 5.97 Å². The first-order chi connectivity index (χ1) is 10.1. The molecule has 1 aliphatic heterocycles. The van der Waals surface area contributed by atoms with Gasteiger partial charge in [-0.2, -0.15) is 0 Å². The van der Waals surface area contributed by atoms with E-state index in [-0.39, 0.29) is 18.6 Å². The summed E-state index contributed by atoms with van der Waals surface area (Å²) in [6, 6.07) is 1.55. The Morgan fingerprint density at radius 2 is 2.33 bits per heavy atom. The second-order valence-electron chi connectivity index (χ2n) is 4.56. The van der Waals surface area contributed by atoms with Gasteiger partial charge in [0.05, 0.1) is 19.3 Å². The van der Waals surface area contributed by atoms with Crippen LogP contribution in [0.1, 0.15) is 15.9 Å². The molecule has 1 amide bonds. The number of rotatable bonds is 4. The van der Waals surface area contributed by atoms with E-state index in [1.165, 1.54) is 18.5 Å². The Labute approximate surface area is 121 Å². The number of morpholine rings is 1. The predicted molar refractivity (Wildman–Crippen MR) is 73.6 cm³/mol. The summed E-state index contributed by atoms with van der Waals surface area (Å²) in [4.78, 5) is 28.6. The number of pyridine rings is 1. The summed E-state index contributed by atoms with van der Waals surface area (Å²) in [5.74, 6) is -1.33. The van der Waals surface area contributed by atoms with Crippen LogP contribution < -0.4 is 0 Å². The number of hydrogen-bond donors (Lipinski definition) is 2. The van der Waals surface area contributed by atoms with Gasteiger partial charge in [0.1, 0.15) is 0 Å². The number of carboxylic acids is 1. The summed E-state index contributed by atoms with van der Waals surface area (Å²) >= 11 is 0. The van der Waals surface area contributed by atoms with Crippen molar-refractivity contribution >= 4 is 18.0 Å². The molecule has 0 aliphatic carbocycles. The molecule has 2 N–H and O–H groups in total. The molecular weight excluding hydrogens is 276 g/mol. The van der Waals surface area contributed by atoms with Gasteiger partial charge in [-0.25, -0.2) is 4.79 Å². The highest BCUT2D eigenvalue weighted by Gasteiger charge is 2.25. The third-order valence-electron chi connectivity index (χ3n) is 3.12. The summed E-state index contributed by atoms with van der Waals surface area (Å²) in [5, 5.41) is 17.8. The van der Waals surface area contributed by atoms with Crippen molar-refractivity contribution in [3.8, 4) is 0 Å². The Balaban J connectivity index is 2.20. The van der Waals surface area contributed by atoms with Crippen molar-refractivity contribution in [2.24, 2.45) is 0 Å². The Kier molecular flexibility index (Phi) is 5.02. The minimum absolute atomic E-state index is 0.147. The van der Waals surface area contributed by atoms with Crippen LogP contribution in [0.25, 0.3) is 6.08 Å². The minimum Gasteiger partial charge on any atom is -0.478 e. The van der Waals surface area contributed by atoms with Crippen LogP contribution in [0.15, 0.2) is 24.5 Å². The fourth-order valence-corrected chi connectivity index (χ4v) is 2.08. The van der Waals surface area contributed by atoms with E-state index in [0.717, 1.165) is 6.08 Å². The van der Waals surface area contributed by atoms with E-state index in [4.69, 9.17) is 14.9 Å². The summed E-state index contributed by atoms with van der Waals surface area (Å²) in [6.07, 6.45) is 4.84. The number of aromatic nitrogens is 1. The molecule has 2 rings (SSSR count). The maximum absolute atomic E-state index is 12.5. The molecule has 0 spiro atoms. The number of aliphatic hydroxyl groups excluding tert-OH is 1. The maximum atomic E-state index is 12.5. The van der Waals surface area contributed by atoms with Gasteiger partial charge in [0.25, 0.3) is 5.91 Å². The average Bonchev–Trinajstić information content (AvgIpc) is 2.52. The Hall–Kier alpha value is -2.25. The molecule has 21 heavy (non-hydrogen) atoms. The molecule has 0 aromatic carbocycles. The van der Waals surface area contributed by atoms with Crippen molar-refractivity contribution in [1.29, 1.82) is 0 Å². The Morgan fingerprint density at radius 1 is 1.52 bits per heavy atom. The standard InChI is InChI=1S/C14H16N2O5/c17-9-11-8-16(5-6-21-11)14(20)12-3-4-15-7-10(12)1-2-13(18)19/h1-4,7,11,17H,5-6,8-9H2,(H,18,19)/b2-1+. The molecule has 1 aromatic rings. The van der Waals surface area contributed by atoms with Gasteiger partial charge in [-0.1, -0.05) is 0 Å². The van der Waals surface area contributed by atoms with Crippen molar-refractivity contribution in [2.75, 3.05) is 26.3 Å². The van der Waals surface area contributed by atoms with Gasteiger partial charge < -0.3 is 19.8 Å². The SMILES string of the molecule is O=C(O)/C=C/c1cnccc1C(=O)N1CCOC(CO)C1.